The Morgan fingerprint density at radius 1 is 1.50 bits per heavy atom. The molecule has 0 saturated carbocycles. The molecule has 0 amide bonds. The van der Waals surface area contributed by atoms with E-state index < -0.39 is 5.34 Å². The molecule has 0 aromatic heterocycles. The molecule has 0 fully saturated rings. The first kappa shape index (κ1) is 11.8. The lowest BCUT2D eigenvalue weighted by Gasteiger charge is -2.22. The maximum Gasteiger partial charge on any atom is 0.262 e. The molecule has 2 atom stereocenters. The van der Waals surface area contributed by atoms with Crippen molar-refractivity contribution in [2.24, 2.45) is 0 Å². The maximum atomic E-state index is 5.29. The molecule has 0 bridgehead atoms. The van der Waals surface area contributed by atoms with Crippen LogP contribution in [-0.2, 0) is 9.10 Å². The summed E-state index contributed by atoms with van der Waals surface area (Å²) >= 11 is 0. The topological polar surface area (TPSA) is 18.5 Å². The summed E-state index contributed by atoms with van der Waals surface area (Å²) in [4.78, 5) is 0. The van der Waals surface area contributed by atoms with Crippen LogP contribution in [0.4, 0.5) is 0 Å². The van der Waals surface area contributed by atoms with E-state index in [1.807, 2.05) is 19.1 Å². The zero-order valence-corrected chi connectivity index (χ0v) is 8.97. The highest BCUT2D eigenvalue weighted by molar-refractivity contribution is 7.36. The molecule has 0 heterocycles. The van der Waals surface area contributed by atoms with Gasteiger partial charge in [0.15, 0.2) is 5.34 Å². The van der Waals surface area contributed by atoms with Crippen LogP contribution in [0.1, 0.15) is 13.8 Å². The number of allylic oxidation sites excluding steroid dienone is 1. The van der Waals surface area contributed by atoms with Crippen molar-refractivity contribution < 1.29 is 9.10 Å². The Hall–Kier alpha value is -0.220. The first-order chi connectivity index (χ1) is 5.74. The van der Waals surface area contributed by atoms with Crippen LogP contribution in [0.15, 0.2) is 12.2 Å². The second-order valence-electron chi connectivity index (χ2n) is 2.12. The van der Waals surface area contributed by atoms with Crippen molar-refractivity contribution in [2.45, 2.75) is 19.2 Å². The highest BCUT2D eigenvalue weighted by Crippen LogP contribution is 2.33. The third-order valence-electron chi connectivity index (χ3n) is 1.29. The summed E-state index contributed by atoms with van der Waals surface area (Å²) in [5, 5.41) is -0.543. The van der Waals surface area contributed by atoms with Crippen LogP contribution in [0, 0.1) is 11.8 Å². The quantitative estimate of drug-likeness (QED) is 0.263. The molecule has 0 aliphatic rings. The molecular weight excluding hydrogens is 169 g/mol. The van der Waals surface area contributed by atoms with Gasteiger partial charge in [0.25, 0.3) is 16.1 Å². The van der Waals surface area contributed by atoms with Crippen LogP contribution in [0.3, 0.4) is 0 Å². The van der Waals surface area contributed by atoms with Crippen LogP contribution in [0.25, 0.3) is 0 Å². The minimum Gasteiger partial charge on any atom is -0.423 e. The van der Waals surface area contributed by atoms with Crippen molar-refractivity contribution in [3.8, 4) is 11.8 Å². The molecule has 12 heavy (non-hydrogen) atoms. The molecule has 2 unspecified atom stereocenters. The van der Waals surface area contributed by atoms with Gasteiger partial charge in [-0.3, -0.25) is 0 Å². The molecule has 0 aromatic carbocycles. The largest absolute Gasteiger partial charge is 0.423 e. The van der Waals surface area contributed by atoms with Gasteiger partial charge < -0.3 is 9.10 Å². The average molecular weight is 182 g/mol. The summed E-state index contributed by atoms with van der Waals surface area (Å²) in [6, 6.07) is 0. The fraction of sp³-hybridized carbons (Fsp3) is 0.429. The number of hydrogen-bond acceptors (Lipinski definition) is 2. The van der Waals surface area contributed by atoms with E-state index in [1.54, 1.807) is 23.0 Å². The summed E-state index contributed by atoms with van der Waals surface area (Å²) in [5.41, 5.74) is 0. The van der Waals surface area contributed by atoms with Gasteiger partial charge in [-0.25, -0.2) is 0 Å². The molecule has 0 N–H and O–H groups in total. The van der Waals surface area contributed by atoms with E-state index in [0.29, 0.717) is 0 Å². The fourth-order valence-electron chi connectivity index (χ4n) is 0.834. The van der Waals surface area contributed by atoms with Gasteiger partial charge in [-0.1, -0.05) is 12.0 Å². The lowest BCUT2D eigenvalue weighted by Crippen LogP contribution is -2.21. The van der Waals surface area contributed by atoms with Crippen LogP contribution < -0.4 is 0 Å². The molecular formula is C7H13B2O2P. The summed E-state index contributed by atoms with van der Waals surface area (Å²) in [6.45, 7) is 3.72. The highest BCUT2D eigenvalue weighted by Gasteiger charge is 2.22. The van der Waals surface area contributed by atoms with Crippen molar-refractivity contribution in [3.05, 3.63) is 12.2 Å². The van der Waals surface area contributed by atoms with Gasteiger partial charge in [0.1, 0.15) is 0 Å². The van der Waals surface area contributed by atoms with Crippen molar-refractivity contribution in [2.75, 3.05) is 0 Å². The second kappa shape index (κ2) is 6.31. The van der Waals surface area contributed by atoms with Crippen LogP contribution in [-0.4, -0.2) is 21.4 Å². The standard InChI is InChI=1S/C7H13B2O2P/c1-3-5-7(10-8,6-4-2)12-11-9/h3,5,12H,8-9H2,1-2H3. The zero-order valence-electron chi connectivity index (χ0n) is 7.97. The Morgan fingerprint density at radius 2 is 2.17 bits per heavy atom. The molecule has 2 nitrogen and oxygen atoms in total. The normalized spacial score (nSPS) is 16.2. The van der Waals surface area contributed by atoms with E-state index >= 15 is 0 Å². The first-order valence-electron chi connectivity index (χ1n) is 3.67. The third-order valence-corrected chi connectivity index (χ3v) is 2.29. The molecule has 0 aromatic rings. The lowest BCUT2D eigenvalue weighted by molar-refractivity contribution is 0.289. The Morgan fingerprint density at radius 3 is 2.50 bits per heavy atom. The van der Waals surface area contributed by atoms with Gasteiger partial charge in [0.2, 0.25) is 0 Å². The Labute approximate surface area is 77.8 Å². The SMILES string of the molecule is BOPC(C#CC)(C=CC)OB. The average Bonchev–Trinajstić information content (AvgIpc) is 2.06. The Kier molecular flexibility index (Phi) is 6.20. The van der Waals surface area contributed by atoms with E-state index in [4.69, 9.17) is 9.10 Å². The molecule has 0 saturated heterocycles. The van der Waals surface area contributed by atoms with E-state index in [1.165, 1.54) is 0 Å². The number of rotatable bonds is 4. The molecule has 0 rings (SSSR count). The third kappa shape index (κ3) is 3.45. The van der Waals surface area contributed by atoms with E-state index in [0.717, 1.165) is 0 Å². The molecule has 0 radical (unpaired) electrons. The summed E-state index contributed by atoms with van der Waals surface area (Å²) < 4.78 is 10.3. The molecule has 5 heteroatoms. The van der Waals surface area contributed by atoms with Crippen molar-refractivity contribution in [3.63, 3.8) is 0 Å². The smallest absolute Gasteiger partial charge is 0.262 e. The van der Waals surface area contributed by atoms with Gasteiger partial charge in [-0.15, -0.1) is 5.92 Å². The summed E-state index contributed by atoms with van der Waals surface area (Å²) in [5.74, 6) is 5.81. The van der Waals surface area contributed by atoms with Gasteiger partial charge in [0, 0.05) is 8.81 Å². The Bertz CT molecular complexity index is 209. The molecule has 0 aliphatic heterocycles. The van der Waals surface area contributed by atoms with Crippen molar-refractivity contribution >= 4 is 24.9 Å². The highest BCUT2D eigenvalue weighted by atomic mass is 31.1. The molecule has 0 spiro atoms. The van der Waals surface area contributed by atoms with Gasteiger partial charge in [0.05, 0.1) is 0 Å². The predicted molar refractivity (Wildman–Crippen MR) is 58.6 cm³/mol. The van der Waals surface area contributed by atoms with Gasteiger partial charge in [-0.05, 0) is 19.9 Å². The summed E-state index contributed by atoms with van der Waals surface area (Å²) in [6.07, 6.45) is 3.82. The van der Waals surface area contributed by atoms with Crippen LogP contribution in [0.2, 0.25) is 0 Å². The minimum atomic E-state index is -0.543. The van der Waals surface area contributed by atoms with Crippen LogP contribution in [0.5, 0.6) is 0 Å². The number of hydrogen-bond donors (Lipinski definition) is 0. The lowest BCUT2D eigenvalue weighted by atomic mass is 10.3. The van der Waals surface area contributed by atoms with E-state index in [-0.39, 0.29) is 8.81 Å². The first-order valence-corrected chi connectivity index (χ1v) is 4.58. The van der Waals surface area contributed by atoms with Gasteiger partial charge in [-0.2, -0.15) is 0 Å². The molecule has 0 aliphatic carbocycles. The fourth-order valence-corrected chi connectivity index (χ4v) is 1.63. The second-order valence-corrected chi connectivity index (χ2v) is 3.48. The minimum absolute atomic E-state index is 0.207. The van der Waals surface area contributed by atoms with Crippen molar-refractivity contribution in [1.82, 2.24) is 0 Å². The molecule has 64 valence electrons. The monoisotopic (exact) mass is 182 g/mol. The summed E-state index contributed by atoms with van der Waals surface area (Å²) in [7, 11) is 3.49. The predicted octanol–water partition coefficient (Wildman–Crippen LogP) is 0.00500. The van der Waals surface area contributed by atoms with E-state index in [9.17, 15) is 0 Å². The van der Waals surface area contributed by atoms with Gasteiger partial charge >= 0.3 is 0 Å². The zero-order chi connectivity index (χ0) is 9.45. The van der Waals surface area contributed by atoms with E-state index in [2.05, 4.69) is 11.8 Å². The van der Waals surface area contributed by atoms with Crippen molar-refractivity contribution in [1.29, 1.82) is 0 Å². The Balaban J connectivity index is 4.58. The maximum absolute atomic E-state index is 5.29. The van der Waals surface area contributed by atoms with Crippen LogP contribution >= 0.6 is 8.81 Å².